The Labute approximate surface area is 150 Å². The van der Waals surface area contributed by atoms with Crippen molar-refractivity contribution in [2.75, 3.05) is 26.2 Å². The molecular weight excluding hydrogens is 314 g/mol. The van der Waals surface area contributed by atoms with Crippen molar-refractivity contribution in [1.82, 2.24) is 19.6 Å². The number of amides is 1. The second kappa shape index (κ2) is 6.40. The molecule has 6 heteroatoms. The summed E-state index contributed by atoms with van der Waals surface area (Å²) in [5.74, 6) is 1.56. The summed E-state index contributed by atoms with van der Waals surface area (Å²) in [6.45, 7) is 8.69. The molecule has 2 saturated carbocycles. The third-order valence-corrected chi connectivity index (χ3v) is 6.99. The monoisotopic (exact) mass is 345 g/mol. The number of carbonyl (C=O) groups is 1. The predicted octanol–water partition coefficient (Wildman–Crippen LogP) is 1.05. The minimum absolute atomic E-state index is 0.0908. The Kier molecular flexibility index (Phi) is 4.36. The molecule has 2 heterocycles. The molecule has 4 unspecified atom stereocenters. The highest BCUT2D eigenvalue weighted by Crippen LogP contribution is 2.48. The number of nitrogens with two attached hydrogens (primary N) is 1. The molecule has 6 nitrogen and oxygen atoms in total. The van der Waals surface area contributed by atoms with E-state index in [1.165, 1.54) is 30.5 Å². The van der Waals surface area contributed by atoms with Crippen LogP contribution in [0.2, 0.25) is 0 Å². The Hall–Kier alpha value is -1.40. The lowest BCUT2D eigenvalue weighted by atomic mass is 9.84. The van der Waals surface area contributed by atoms with Crippen LogP contribution in [0.4, 0.5) is 0 Å². The van der Waals surface area contributed by atoms with Gasteiger partial charge in [-0.3, -0.25) is 14.4 Å². The molecule has 1 saturated heterocycles. The predicted molar refractivity (Wildman–Crippen MR) is 96.8 cm³/mol. The Morgan fingerprint density at radius 1 is 1.16 bits per heavy atom. The maximum Gasteiger partial charge on any atom is 0.227 e. The highest BCUT2D eigenvalue weighted by atomic mass is 16.2. The van der Waals surface area contributed by atoms with Gasteiger partial charge in [-0.05, 0) is 44.9 Å². The van der Waals surface area contributed by atoms with E-state index in [2.05, 4.69) is 28.7 Å². The lowest BCUT2D eigenvalue weighted by molar-refractivity contribution is -0.139. The highest BCUT2D eigenvalue weighted by Gasteiger charge is 2.50. The zero-order valence-corrected chi connectivity index (χ0v) is 15.7. The summed E-state index contributed by atoms with van der Waals surface area (Å²) in [6, 6.07) is 0.102. The quantitative estimate of drug-likeness (QED) is 0.889. The molecule has 3 fully saturated rings. The molecule has 1 amide bonds. The van der Waals surface area contributed by atoms with Crippen LogP contribution in [-0.2, 0) is 18.4 Å². The summed E-state index contributed by atoms with van der Waals surface area (Å²) in [5, 5.41) is 4.51. The SMILES string of the molecule is Cc1nn(C)c(C)c1CN1CCN(C(=O)C2C3CCC(C3)C2N)CC1. The summed E-state index contributed by atoms with van der Waals surface area (Å²) >= 11 is 0. The lowest BCUT2D eigenvalue weighted by Gasteiger charge is -2.38. The minimum atomic E-state index is 0.0908. The van der Waals surface area contributed by atoms with Gasteiger partial charge in [0, 0.05) is 57.1 Å². The van der Waals surface area contributed by atoms with Gasteiger partial charge < -0.3 is 10.6 Å². The summed E-state index contributed by atoms with van der Waals surface area (Å²) in [6.07, 6.45) is 3.61. The molecule has 4 rings (SSSR count). The number of hydrogen-bond donors (Lipinski definition) is 1. The van der Waals surface area contributed by atoms with Crippen molar-refractivity contribution in [3.05, 3.63) is 17.0 Å². The molecule has 1 aliphatic heterocycles. The Bertz CT molecular complexity index is 659. The van der Waals surface area contributed by atoms with Crippen molar-refractivity contribution in [2.24, 2.45) is 30.5 Å². The van der Waals surface area contributed by atoms with Gasteiger partial charge >= 0.3 is 0 Å². The van der Waals surface area contributed by atoms with E-state index < -0.39 is 0 Å². The Morgan fingerprint density at radius 3 is 2.40 bits per heavy atom. The summed E-state index contributed by atoms with van der Waals surface area (Å²) in [5.41, 5.74) is 10.1. The molecule has 138 valence electrons. The molecule has 4 atom stereocenters. The van der Waals surface area contributed by atoms with Gasteiger partial charge in [-0.25, -0.2) is 0 Å². The second-order valence-corrected chi connectivity index (χ2v) is 8.31. The lowest BCUT2D eigenvalue weighted by Crippen LogP contribution is -2.53. The van der Waals surface area contributed by atoms with Crippen molar-refractivity contribution in [3.8, 4) is 0 Å². The molecule has 1 aromatic rings. The van der Waals surface area contributed by atoms with Gasteiger partial charge in [0.05, 0.1) is 11.6 Å². The first-order valence-corrected chi connectivity index (χ1v) is 9.71. The highest BCUT2D eigenvalue weighted by molar-refractivity contribution is 5.80. The van der Waals surface area contributed by atoms with E-state index in [9.17, 15) is 4.79 Å². The maximum atomic E-state index is 13.0. The van der Waals surface area contributed by atoms with Gasteiger partial charge in [-0.2, -0.15) is 5.10 Å². The summed E-state index contributed by atoms with van der Waals surface area (Å²) in [7, 11) is 2.00. The van der Waals surface area contributed by atoms with Crippen molar-refractivity contribution in [3.63, 3.8) is 0 Å². The summed E-state index contributed by atoms with van der Waals surface area (Å²) < 4.78 is 1.96. The van der Waals surface area contributed by atoms with E-state index in [4.69, 9.17) is 5.73 Å². The standard InChI is InChI=1S/C19H31N5O/c1-12-16(13(2)22(3)21-12)11-23-6-8-24(9-7-23)19(25)17-14-4-5-15(10-14)18(17)20/h14-15,17-18H,4-11,20H2,1-3H3. The van der Waals surface area contributed by atoms with Crippen LogP contribution in [0.15, 0.2) is 0 Å². The van der Waals surface area contributed by atoms with Gasteiger partial charge in [-0.1, -0.05) is 0 Å². The Morgan fingerprint density at radius 2 is 1.84 bits per heavy atom. The smallest absolute Gasteiger partial charge is 0.227 e. The van der Waals surface area contributed by atoms with Crippen LogP contribution in [-0.4, -0.2) is 57.7 Å². The van der Waals surface area contributed by atoms with Crippen molar-refractivity contribution in [2.45, 2.75) is 45.7 Å². The molecular formula is C19H31N5O. The van der Waals surface area contributed by atoms with E-state index in [-0.39, 0.29) is 12.0 Å². The van der Waals surface area contributed by atoms with Crippen molar-refractivity contribution < 1.29 is 4.79 Å². The average molecular weight is 345 g/mol. The number of fused-ring (bicyclic) bond motifs is 2. The molecule has 2 bridgehead atoms. The van der Waals surface area contributed by atoms with Crippen molar-refractivity contribution >= 4 is 5.91 Å². The minimum Gasteiger partial charge on any atom is -0.340 e. The zero-order valence-electron chi connectivity index (χ0n) is 15.7. The van der Waals surface area contributed by atoms with Crippen LogP contribution in [0.3, 0.4) is 0 Å². The molecule has 2 N–H and O–H groups in total. The van der Waals surface area contributed by atoms with Crippen molar-refractivity contribution in [1.29, 1.82) is 0 Å². The van der Waals surface area contributed by atoms with Crippen LogP contribution in [0.5, 0.6) is 0 Å². The third-order valence-electron chi connectivity index (χ3n) is 6.99. The second-order valence-electron chi connectivity index (χ2n) is 8.31. The molecule has 3 aliphatic rings. The van der Waals surface area contributed by atoms with Crippen LogP contribution in [0, 0.1) is 31.6 Å². The number of nitrogens with zero attached hydrogens (tertiary/aromatic N) is 4. The van der Waals surface area contributed by atoms with Gasteiger partial charge in [0.2, 0.25) is 5.91 Å². The number of aromatic nitrogens is 2. The molecule has 1 aromatic heterocycles. The number of rotatable bonds is 3. The molecule has 0 spiro atoms. The largest absolute Gasteiger partial charge is 0.340 e. The fraction of sp³-hybridized carbons (Fsp3) is 0.789. The molecule has 0 aromatic carbocycles. The summed E-state index contributed by atoms with van der Waals surface area (Å²) in [4.78, 5) is 17.5. The molecule has 25 heavy (non-hydrogen) atoms. The zero-order chi connectivity index (χ0) is 17.7. The maximum absolute atomic E-state index is 13.0. The number of hydrogen-bond acceptors (Lipinski definition) is 4. The number of piperazine rings is 1. The average Bonchev–Trinajstić information content (AvgIpc) is 3.25. The van der Waals surface area contributed by atoms with Crippen LogP contribution in [0.1, 0.15) is 36.2 Å². The van der Waals surface area contributed by atoms with Crippen LogP contribution in [0.25, 0.3) is 0 Å². The fourth-order valence-corrected chi connectivity index (χ4v) is 5.31. The van der Waals surface area contributed by atoms with E-state index in [0.29, 0.717) is 17.7 Å². The normalized spacial score (nSPS) is 32.6. The first-order valence-electron chi connectivity index (χ1n) is 9.71. The molecule has 0 radical (unpaired) electrons. The molecule has 2 aliphatic carbocycles. The van der Waals surface area contributed by atoms with Crippen LogP contribution < -0.4 is 5.73 Å². The van der Waals surface area contributed by atoms with Gasteiger partial charge in [0.15, 0.2) is 0 Å². The first-order chi connectivity index (χ1) is 12.0. The van der Waals surface area contributed by atoms with E-state index in [0.717, 1.165) is 38.4 Å². The fourth-order valence-electron chi connectivity index (χ4n) is 5.31. The van der Waals surface area contributed by atoms with Crippen LogP contribution >= 0.6 is 0 Å². The van der Waals surface area contributed by atoms with E-state index in [1.807, 2.05) is 11.7 Å². The van der Waals surface area contributed by atoms with Gasteiger partial charge in [-0.15, -0.1) is 0 Å². The first kappa shape index (κ1) is 17.0. The van der Waals surface area contributed by atoms with E-state index >= 15 is 0 Å². The Balaban J connectivity index is 1.35. The topological polar surface area (TPSA) is 67.4 Å². The van der Waals surface area contributed by atoms with E-state index in [1.54, 1.807) is 0 Å². The number of aryl methyl sites for hydroxylation is 2. The number of carbonyl (C=O) groups excluding carboxylic acids is 1. The van der Waals surface area contributed by atoms with Gasteiger partial charge in [0.1, 0.15) is 0 Å². The van der Waals surface area contributed by atoms with Gasteiger partial charge in [0.25, 0.3) is 0 Å². The third kappa shape index (κ3) is 2.89.